The summed E-state index contributed by atoms with van der Waals surface area (Å²) < 4.78 is 27.8. The highest BCUT2D eigenvalue weighted by molar-refractivity contribution is 7.89. The highest BCUT2D eigenvalue weighted by atomic mass is 32.2. The predicted octanol–water partition coefficient (Wildman–Crippen LogP) is 3.54. The van der Waals surface area contributed by atoms with Crippen LogP contribution in [0.1, 0.15) is 53.9 Å². The molecule has 0 spiro atoms. The fourth-order valence-electron chi connectivity index (χ4n) is 6.13. The molecule has 38 heavy (non-hydrogen) atoms. The number of nitrogens with zero attached hydrogens (tertiary/aromatic N) is 2. The standard InChI is InChI=1S/C29H38N4O4S/c30-29(35)26-17-24(22-7-2-1-3-8-22)16-25-27(18-31-28(25)26)23-9-13-33(14-10-23)38(36,37)15-5-12-32-11-4-6-21(19-32)20-34/h1-3,7-8,16-18,21,23,31,34H,4-6,9-15,19-20H2,(H2,30,35). The van der Waals surface area contributed by atoms with Crippen LogP contribution in [0, 0.1) is 5.92 Å². The van der Waals surface area contributed by atoms with Crippen molar-refractivity contribution in [2.24, 2.45) is 11.7 Å². The number of nitrogens with two attached hydrogens (primary N) is 1. The summed E-state index contributed by atoms with van der Waals surface area (Å²) in [5.41, 5.74) is 10.0. The minimum atomic E-state index is -3.31. The third-order valence-corrected chi connectivity index (χ3v) is 10.2. The number of carbonyl (C=O) groups is 1. The third kappa shape index (κ3) is 5.81. The third-order valence-electron chi connectivity index (χ3n) is 8.22. The molecule has 9 heteroatoms. The number of hydrogen-bond donors (Lipinski definition) is 3. The number of aliphatic hydroxyl groups excluding tert-OH is 1. The minimum absolute atomic E-state index is 0.160. The Kier molecular flexibility index (Phi) is 8.18. The first-order valence-electron chi connectivity index (χ1n) is 13.7. The summed E-state index contributed by atoms with van der Waals surface area (Å²) in [5.74, 6) is 0.198. The summed E-state index contributed by atoms with van der Waals surface area (Å²) in [6.45, 7) is 3.80. The molecule has 204 valence electrons. The quantitative estimate of drug-likeness (QED) is 0.385. The van der Waals surface area contributed by atoms with Gasteiger partial charge in [-0.25, -0.2) is 12.7 Å². The van der Waals surface area contributed by atoms with Gasteiger partial charge < -0.3 is 20.7 Å². The van der Waals surface area contributed by atoms with Crippen molar-refractivity contribution >= 4 is 26.8 Å². The van der Waals surface area contributed by atoms with Crippen LogP contribution in [0.3, 0.4) is 0 Å². The molecule has 0 bridgehead atoms. The van der Waals surface area contributed by atoms with Crippen LogP contribution in [-0.4, -0.2) is 78.7 Å². The molecule has 8 nitrogen and oxygen atoms in total. The van der Waals surface area contributed by atoms with Crippen LogP contribution in [-0.2, 0) is 10.0 Å². The summed E-state index contributed by atoms with van der Waals surface area (Å²) in [6, 6.07) is 13.9. The number of benzene rings is 2. The summed E-state index contributed by atoms with van der Waals surface area (Å²) in [5, 5.41) is 10.4. The molecule has 2 fully saturated rings. The maximum atomic E-state index is 13.1. The number of rotatable bonds is 9. The maximum Gasteiger partial charge on any atom is 0.250 e. The van der Waals surface area contributed by atoms with Gasteiger partial charge in [0.15, 0.2) is 0 Å². The maximum absolute atomic E-state index is 13.1. The molecule has 1 atom stereocenters. The molecule has 0 saturated carbocycles. The number of likely N-dealkylation sites (tertiary alicyclic amines) is 1. The number of amides is 1. The van der Waals surface area contributed by atoms with E-state index in [1.165, 1.54) is 0 Å². The van der Waals surface area contributed by atoms with E-state index >= 15 is 0 Å². The first kappa shape index (κ1) is 26.9. The molecule has 1 aromatic heterocycles. The smallest absolute Gasteiger partial charge is 0.250 e. The second-order valence-electron chi connectivity index (χ2n) is 10.8. The number of sulfonamides is 1. The van der Waals surface area contributed by atoms with E-state index in [2.05, 4.69) is 16.0 Å². The Balaban J connectivity index is 1.25. The van der Waals surface area contributed by atoms with E-state index in [1.54, 1.807) is 4.31 Å². The van der Waals surface area contributed by atoms with Crippen molar-refractivity contribution in [3.8, 4) is 11.1 Å². The van der Waals surface area contributed by atoms with E-state index in [0.717, 1.165) is 72.9 Å². The molecule has 1 amide bonds. The van der Waals surface area contributed by atoms with Crippen molar-refractivity contribution in [2.45, 2.75) is 38.0 Å². The predicted molar refractivity (Wildman–Crippen MR) is 150 cm³/mol. The number of aromatic nitrogens is 1. The van der Waals surface area contributed by atoms with Crippen LogP contribution in [0.25, 0.3) is 22.0 Å². The van der Waals surface area contributed by atoms with Gasteiger partial charge in [0.25, 0.3) is 5.91 Å². The number of carbonyl (C=O) groups excluding carboxylic acids is 1. The Morgan fingerprint density at radius 3 is 2.53 bits per heavy atom. The molecule has 0 radical (unpaired) electrons. The summed E-state index contributed by atoms with van der Waals surface area (Å²) in [6.07, 6.45) is 6.15. The lowest BCUT2D eigenvalue weighted by molar-refractivity contribution is 0.100. The van der Waals surface area contributed by atoms with Crippen molar-refractivity contribution in [3.05, 3.63) is 59.8 Å². The van der Waals surface area contributed by atoms with Gasteiger partial charge in [-0.05, 0) is 85.9 Å². The fraction of sp³-hybridized carbons (Fsp3) is 0.483. The van der Waals surface area contributed by atoms with E-state index in [-0.39, 0.29) is 18.3 Å². The van der Waals surface area contributed by atoms with Crippen LogP contribution in [0.4, 0.5) is 0 Å². The highest BCUT2D eigenvalue weighted by Gasteiger charge is 2.30. The summed E-state index contributed by atoms with van der Waals surface area (Å²) in [4.78, 5) is 17.8. The van der Waals surface area contributed by atoms with Crippen molar-refractivity contribution in [3.63, 3.8) is 0 Å². The van der Waals surface area contributed by atoms with E-state index in [1.807, 2.05) is 42.6 Å². The van der Waals surface area contributed by atoms with Crippen LogP contribution in [0.15, 0.2) is 48.7 Å². The topological polar surface area (TPSA) is 120 Å². The molecule has 2 saturated heterocycles. The molecule has 2 aliphatic rings. The van der Waals surface area contributed by atoms with Crippen molar-refractivity contribution in [2.75, 3.05) is 45.1 Å². The Bertz CT molecular complexity index is 1360. The Hall–Kier alpha value is -2.72. The number of fused-ring (bicyclic) bond motifs is 1. The Morgan fingerprint density at radius 2 is 1.82 bits per heavy atom. The number of aliphatic hydroxyl groups is 1. The van der Waals surface area contributed by atoms with Gasteiger partial charge in [0.2, 0.25) is 10.0 Å². The molecule has 0 aliphatic carbocycles. The van der Waals surface area contributed by atoms with E-state index in [9.17, 15) is 18.3 Å². The van der Waals surface area contributed by atoms with Gasteiger partial charge in [0.05, 0.1) is 16.8 Å². The molecular weight excluding hydrogens is 500 g/mol. The Labute approximate surface area is 224 Å². The van der Waals surface area contributed by atoms with Gasteiger partial charge in [-0.15, -0.1) is 0 Å². The van der Waals surface area contributed by atoms with Gasteiger partial charge in [-0.3, -0.25) is 4.79 Å². The van der Waals surface area contributed by atoms with Gasteiger partial charge in [0.1, 0.15) is 0 Å². The zero-order valence-electron chi connectivity index (χ0n) is 21.8. The van der Waals surface area contributed by atoms with Crippen molar-refractivity contribution in [1.82, 2.24) is 14.2 Å². The number of primary amides is 1. The average Bonchev–Trinajstić information content (AvgIpc) is 3.37. The monoisotopic (exact) mass is 538 g/mol. The van der Waals surface area contributed by atoms with Crippen molar-refractivity contribution in [1.29, 1.82) is 0 Å². The molecule has 5 rings (SSSR count). The zero-order chi connectivity index (χ0) is 26.7. The molecule has 3 aromatic rings. The number of nitrogens with one attached hydrogen (secondary N) is 1. The minimum Gasteiger partial charge on any atom is -0.396 e. The van der Waals surface area contributed by atoms with Gasteiger partial charge in [0, 0.05) is 37.8 Å². The van der Waals surface area contributed by atoms with Crippen LogP contribution >= 0.6 is 0 Å². The average molecular weight is 539 g/mol. The zero-order valence-corrected chi connectivity index (χ0v) is 22.6. The van der Waals surface area contributed by atoms with Gasteiger partial charge in [-0.1, -0.05) is 30.3 Å². The summed E-state index contributed by atoms with van der Waals surface area (Å²) >= 11 is 0. The lowest BCUT2D eigenvalue weighted by Crippen LogP contribution is -2.41. The number of hydrogen-bond acceptors (Lipinski definition) is 5. The highest BCUT2D eigenvalue weighted by Crippen LogP contribution is 2.37. The second-order valence-corrected chi connectivity index (χ2v) is 12.8. The molecular formula is C29H38N4O4S. The van der Waals surface area contributed by atoms with Crippen LogP contribution in [0.5, 0.6) is 0 Å². The summed E-state index contributed by atoms with van der Waals surface area (Å²) in [7, 11) is -3.31. The Morgan fingerprint density at radius 1 is 1.05 bits per heavy atom. The second kappa shape index (κ2) is 11.6. The molecule has 2 aromatic carbocycles. The molecule has 2 aliphatic heterocycles. The fourth-order valence-corrected chi connectivity index (χ4v) is 7.65. The number of aromatic amines is 1. The molecule has 3 heterocycles. The first-order chi connectivity index (χ1) is 18.4. The SMILES string of the molecule is NC(=O)c1cc(-c2ccccc2)cc2c(C3CCN(S(=O)(=O)CCCN4CCCC(CO)C4)CC3)c[nH]c12. The van der Waals surface area contributed by atoms with Gasteiger partial charge in [-0.2, -0.15) is 0 Å². The van der Waals surface area contributed by atoms with E-state index in [4.69, 9.17) is 5.73 Å². The lowest BCUT2D eigenvalue weighted by atomic mass is 9.88. The molecule has 1 unspecified atom stereocenters. The van der Waals surface area contributed by atoms with Gasteiger partial charge >= 0.3 is 0 Å². The lowest BCUT2D eigenvalue weighted by Gasteiger charge is -2.33. The number of piperidine rings is 2. The van der Waals surface area contributed by atoms with Crippen molar-refractivity contribution < 1.29 is 18.3 Å². The van der Waals surface area contributed by atoms with Crippen LogP contribution < -0.4 is 5.73 Å². The molecule has 4 N–H and O–H groups in total. The largest absolute Gasteiger partial charge is 0.396 e. The first-order valence-corrected chi connectivity index (χ1v) is 15.3. The number of H-pyrrole nitrogens is 1. The van der Waals surface area contributed by atoms with E-state index < -0.39 is 15.9 Å². The normalized spacial score (nSPS) is 20.2. The van der Waals surface area contributed by atoms with Crippen LogP contribution in [0.2, 0.25) is 0 Å². The van der Waals surface area contributed by atoms with E-state index in [0.29, 0.717) is 31.0 Å².